The predicted molar refractivity (Wildman–Crippen MR) is 90.4 cm³/mol. The molecule has 0 spiro atoms. The van der Waals surface area contributed by atoms with E-state index in [-0.39, 0.29) is 11.8 Å². The molecule has 0 aliphatic heterocycles. The zero-order chi connectivity index (χ0) is 16.1. The molecule has 1 atom stereocenters. The molecule has 0 fully saturated rings. The number of carbonyl (C=O) groups is 1. The Morgan fingerprint density at radius 1 is 1.41 bits per heavy atom. The van der Waals surface area contributed by atoms with Crippen LogP contribution in [0.15, 0.2) is 23.4 Å². The number of nitrogens with zero attached hydrogens (tertiary/aromatic N) is 2. The number of anilines is 1. The average molecular weight is 318 g/mol. The monoisotopic (exact) mass is 318 g/mol. The van der Waals surface area contributed by atoms with Crippen molar-refractivity contribution in [1.29, 1.82) is 0 Å². The van der Waals surface area contributed by atoms with E-state index in [4.69, 9.17) is 0 Å². The summed E-state index contributed by atoms with van der Waals surface area (Å²) in [7, 11) is 0. The van der Waals surface area contributed by atoms with Gasteiger partial charge in [0.25, 0.3) is 0 Å². The van der Waals surface area contributed by atoms with E-state index in [1.807, 2.05) is 32.9 Å². The van der Waals surface area contributed by atoms with Gasteiger partial charge in [0.15, 0.2) is 0 Å². The van der Waals surface area contributed by atoms with E-state index in [2.05, 4.69) is 27.4 Å². The number of thioether (sulfide) groups is 1. The van der Waals surface area contributed by atoms with Crippen molar-refractivity contribution in [1.82, 2.24) is 15.2 Å². The van der Waals surface area contributed by atoms with Gasteiger partial charge in [0.2, 0.25) is 5.91 Å². The van der Waals surface area contributed by atoms with Gasteiger partial charge in [0, 0.05) is 12.1 Å². The van der Waals surface area contributed by atoms with Crippen LogP contribution in [0.1, 0.15) is 43.1 Å². The minimum atomic E-state index is -0.00908. The SMILES string of the molecule is CCSc1ccc(NC(=O)C[C@@H](C)c2c(C)n[nH]c2C)cn1. The molecule has 0 unspecified atom stereocenters. The first-order chi connectivity index (χ1) is 10.5. The molecule has 22 heavy (non-hydrogen) atoms. The molecule has 2 aromatic heterocycles. The van der Waals surface area contributed by atoms with E-state index in [0.29, 0.717) is 6.42 Å². The summed E-state index contributed by atoms with van der Waals surface area (Å²) in [6, 6.07) is 3.82. The van der Waals surface area contributed by atoms with E-state index in [1.165, 1.54) is 0 Å². The number of aryl methyl sites for hydroxylation is 2. The number of H-pyrrole nitrogens is 1. The number of carbonyl (C=O) groups excluding carboxylic acids is 1. The lowest BCUT2D eigenvalue weighted by molar-refractivity contribution is -0.116. The Kier molecular flexibility index (Phi) is 5.60. The number of amides is 1. The molecular formula is C16H22N4OS. The van der Waals surface area contributed by atoms with Gasteiger partial charge in [0.1, 0.15) is 0 Å². The first-order valence-electron chi connectivity index (χ1n) is 7.41. The number of aromatic amines is 1. The number of hydrogen-bond acceptors (Lipinski definition) is 4. The first-order valence-corrected chi connectivity index (χ1v) is 8.40. The molecule has 2 aromatic rings. The summed E-state index contributed by atoms with van der Waals surface area (Å²) in [4.78, 5) is 16.5. The van der Waals surface area contributed by atoms with Crippen molar-refractivity contribution in [2.45, 2.75) is 45.1 Å². The molecule has 2 heterocycles. The van der Waals surface area contributed by atoms with Crippen molar-refractivity contribution in [3.63, 3.8) is 0 Å². The highest BCUT2D eigenvalue weighted by molar-refractivity contribution is 7.99. The summed E-state index contributed by atoms with van der Waals surface area (Å²) in [6.45, 7) is 8.08. The third-order valence-corrected chi connectivity index (χ3v) is 4.31. The van der Waals surface area contributed by atoms with E-state index in [0.717, 1.165) is 33.4 Å². The van der Waals surface area contributed by atoms with Gasteiger partial charge in [-0.1, -0.05) is 13.8 Å². The van der Waals surface area contributed by atoms with Crippen LogP contribution in [0.25, 0.3) is 0 Å². The Morgan fingerprint density at radius 2 is 2.18 bits per heavy atom. The van der Waals surface area contributed by atoms with Crippen molar-refractivity contribution < 1.29 is 4.79 Å². The molecule has 0 radical (unpaired) electrons. The first kappa shape index (κ1) is 16.5. The van der Waals surface area contributed by atoms with Crippen LogP contribution in [-0.4, -0.2) is 26.8 Å². The zero-order valence-corrected chi connectivity index (χ0v) is 14.3. The summed E-state index contributed by atoms with van der Waals surface area (Å²) >= 11 is 1.68. The van der Waals surface area contributed by atoms with Crippen LogP contribution in [-0.2, 0) is 4.79 Å². The maximum absolute atomic E-state index is 12.2. The van der Waals surface area contributed by atoms with E-state index in [1.54, 1.807) is 18.0 Å². The lowest BCUT2D eigenvalue weighted by atomic mass is 9.95. The molecule has 2 N–H and O–H groups in total. The van der Waals surface area contributed by atoms with Crippen LogP contribution in [0, 0.1) is 13.8 Å². The van der Waals surface area contributed by atoms with Crippen molar-refractivity contribution in [2.24, 2.45) is 0 Å². The van der Waals surface area contributed by atoms with Crippen molar-refractivity contribution >= 4 is 23.4 Å². The Labute approximate surface area is 135 Å². The van der Waals surface area contributed by atoms with Crippen LogP contribution >= 0.6 is 11.8 Å². The summed E-state index contributed by atoms with van der Waals surface area (Å²) in [5.41, 5.74) is 3.85. The van der Waals surface area contributed by atoms with Gasteiger partial charge in [-0.15, -0.1) is 11.8 Å². The van der Waals surface area contributed by atoms with E-state index >= 15 is 0 Å². The fraction of sp³-hybridized carbons (Fsp3) is 0.438. The smallest absolute Gasteiger partial charge is 0.225 e. The molecule has 118 valence electrons. The fourth-order valence-corrected chi connectivity index (χ4v) is 3.15. The summed E-state index contributed by atoms with van der Waals surface area (Å²) < 4.78 is 0. The van der Waals surface area contributed by atoms with E-state index < -0.39 is 0 Å². The zero-order valence-electron chi connectivity index (χ0n) is 13.4. The molecule has 1 amide bonds. The molecule has 0 saturated carbocycles. The minimum absolute atomic E-state index is 0.00908. The van der Waals surface area contributed by atoms with Crippen LogP contribution < -0.4 is 5.32 Å². The topological polar surface area (TPSA) is 70.7 Å². The Hall–Kier alpha value is -1.82. The number of hydrogen-bond donors (Lipinski definition) is 2. The minimum Gasteiger partial charge on any atom is -0.325 e. The average Bonchev–Trinajstić information content (AvgIpc) is 2.80. The van der Waals surface area contributed by atoms with Crippen molar-refractivity contribution in [3.05, 3.63) is 35.3 Å². The molecule has 0 aliphatic rings. The molecule has 0 aromatic carbocycles. The molecule has 5 nitrogen and oxygen atoms in total. The molecule has 6 heteroatoms. The highest BCUT2D eigenvalue weighted by Crippen LogP contribution is 2.25. The van der Waals surface area contributed by atoms with Gasteiger partial charge >= 0.3 is 0 Å². The Morgan fingerprint density at radius 3 is 2.73 bits per heavy atom. The molecule has 0 bridgehead atoms. The number of rotatable bonds is 6. The van der Waals surface area contributed by atoms with Gasteiger partial charge in [0.05, 0.1) is 22.6 Å². The maximum atomic E-state index is 12.2. The lowest BCUT2D eigenvalue weighted by Crippen LogP contribution is -2.15. The Balaban J connectivity index is 1.95. The quantitative estimate of drug-likeness (QED) is 0.797. The highest BCUT2D eigenvalue weighted by atomic mass is 32.2. The summed E-state index contributed by atoms with van der Waals surface area (Å²) in [6.07, 6.45) is 2.13. The molecule has 0 aliphatic carbocycles. The van der Waals surface area contributed by atoms with Gasteiger partial charge in [-0.3, -0.25) is 9.89 Å². The van der Waals surface area contributed by atoms with Crippen LogP contribution in [0.2, 0.25) is 0 Å². The van der Waals surface area contributed by atoms with Gasteiger partial charge in [-0.25, -0.2) is 4.98 Å². The summed E-state index contributed by atoms with van der Waals surface area (Å²) in [5.74, 6) is 1.10. The molecule has 0 saturated heterocycles. The third kappa shape index (κ3) is 4.10. The summed E-state index contributed by atoms with van der Waals surface area (Å²) in [5, 5.41) is 11.0. The van der Waals surface area contributed by atoms with Crippen LogP contribution in [0.3, 0.4) is 0 Å². The third-order valence-electron chi connectivity index (χ3n) is 3.48. The van der Waals surface area contributed by atoms with E-state index in [9.17, 15) is 4.79 Å². The van der Waals surface area contributed by atoms with Crippen LogP contribution in [0.5, 0.6) is 0 Å². The number of aromatic nitrogens is 3. The fourth-order valence-electron chi connectivity index (χ4n) is 2.57. The van der Waals surface area contributed by atoms with Crippen LogP contribution in [0.4, 0.5) is 5.69 Å². The van der Waals surface area contributed by atoms with Crippen molar-refractivity contribution in [3.8, 4) is 0 Å². The molecule has 2 rings (SSSR count). The maximum Gasteiger partial charge on any atom is 0.225 e. The van der Waals surface area contributed by atoms with Gasteiger partial charge in [-0.2, -0.15) is 5.10 Å². The second-order valence-corrected chi connectivity index (χ2v) is 6.60. The lowest BCUT2D eigenvalue weighted by Gasteiger charge is -2.12. The number of pyridine rings is 1. The normalized spacial score (nSPS) is 12.2. The number of nitrogens with one attached hydrogen (secondary N) is 2. The Bertz CT molecular complexity index is 617. The van der Waals surface area contributed by atoms with Crippen molar-refractivity contribution in [2.75, 3.05) is 11.1 Å². The predicted octanol–water partition coefficient (Wildman–Crippen LogP) is 3.67. The van der Waals surface area contributed by atoms with Gasteiger partial charge in [-0.05, 0) is 43.2 Å². The highest BCUT2D eigenvalue weighted by Gasteiger charge is 2.17. The van der Waals surface area contributed by atoms with Gasteiger partial charge < -0.3 is 5.32 Å². The molecular weight excluding hydrogens is 296 g/mol. The second kappa shape index (κ2) is 7.45. The largest absolute Gasteiger partial charge is 0.325 e. The standard InChI is InChI=1S/C16H22N4OS/c1-5-22-15-7-6-13(9-17-15)18-14(21)8-10(2)16-11(3)19-20-12(16)4/h6-7,9-10H,5,8H2,1-4H3,(H,18,21)(H,19,20)/t10-/m1/s1. The second-order valence-electron chi connectivity index (χ2n) is 5.32.